The van der Waals surface area contributed by atoms with Gasteiger partial charge in [0.2, 0.25) is 0 Å². The minimum absolute atomic E-state index is 0.349. The molecule has 0 bridgehead atoms. The maximum Gasteiger partial charge on any atom is 0.311 e. The lowest BCUT2D eigenvalue weighted by Gasteiger charge is -2.00. The predicted molar refractivity (Wildman–Crippen MR) is 51.6 cm³/mol. The Balaban J connectivity index is 2.78. The van der Waals surface area contributed by atoms with Crippen LogP contribution in [0.4, 0.5) is 4.39 Å². The van der Waals surface area contributed by atoms with Gasteiger partial charge in [-0.1, -0.05) is 0 Å². The molecule has 0 atom stereocenters. The Kier molecular flexibility index (Phi) is 3.47. The summed E-state index contributed by atoms with van der Waals surface area (Å²) in [4.78, 5) is 0.588. The molecule has 1 nitrogen and oxygen atoms in total. The van der Waals surface area contributed by atoms with Crippen LogP contribution in [-0.4, -0.2) is 0 Å². The van der Waals surface area contributed by atoms with E-state index in [0.29, 0.717) is 4.90 Å². The normalized spacial score (nSPS) is 11.6. The van der Waals surface area contributed by atoms with E-state index in [1.807, 2.05) is 0 Å². The van der Waals surface area contributed by atoms with Crippen molar-refractivity contribution in [3.8, 4) is 0 Å². The van der Waals surface area contributed by atoms with E-state index >= 15 is 0 Å². The summed E-state index contributed by atoms with van der Waals surface area (Å²) in [5.41, 5.74) is 0. The molecule has 0 fully saturated rings. The molecule has 0 spiro atoms. The molecule has 66 valence electrons. The van der Waals surface area contributed by atoms with E-state index in [0.717, 1.165) is 11.4 Å². The molecule has 0 aromatic heterocycles. The highest BCUT2D eigenvalue weighted by atomic mass is 35.9. The number of benzene rings is 1. The van der Waals surface area contributed by atoms with Crippen molar-refractivity contribution in [3.63, 3.8) is 0 Å². The van der Waals surface area contributed by atoms with Gasteiger partial charge in [0.15, 0.2) is 0 Å². The first kappa shape index (κ1) is 10.4. The Labute approximate surface area is 82.9 Å². The van der Waals surface area contributed by atoms with Gasteiger partial charge in [-0.05, 0) is 58.1 Å². The number of hydrogen-bond acceptors (Lipinski definition) is 2. The Morgan fingerprint density at radius 2 is 1.75 bits per heavy atom. The van der Waals surface area contributed by atoms with E-state index < -0.39 is 5.05 Å². The van der Waals surface area contributed by atoms with Crippen LogP contribution in [0, 0.1) is 5.82 Å². The quantitative estimate of drug-likeness (QED) is 0.713. The molecule has 0 unspecified atom stereocenters. The third kappa shape index (κ3) is 3.81. The molecule has 0 amide bonds. The topological polar surface area (TPSA) is 17.1 Å². The third-order valence-electron chi connectivity index (χ3n) is 1.03. The van der Waals surface area contributed by atoms with Gasteiger partial charge in [-0.2, -0.15) is 0 Å². The summed E-state index contributed by atoms with van der Waals surface area (Å²) in [6.45, 7) is 0. The fourth-order valence-corrected chi connectivity index (χ4v) is 3.66. The Morgan fingerprint density at radius 3 is 2.17 bits per heavy atom. The first-order chi connectivity index (χ1) is 5.47. The molecule has 0 saturated heterocycles. The molecule has 12 heavy (non-hydrogen) atoms. The molecule has 1 rings (SSSR count). The summed E-state index contributed by atoms with van der Waals surface area (Å²) in [6.07, 6.45) is 0. The maximum absolute atomic E-state index is 12.4. The summed E-state index contributed by atoms with van der Waals surface area (Å²) in [5, 5.41) is -3.16. The van der Waals surface area contributed by atoms with Gasteiger partial charge >= 0.3 is 5.05 Å². The van der Waals surface area contributed by atoms with E-state index in [9.17, 15) is 8.96 Å². The SMILES string of the molecule is O=P(Cl)(Cl)Sc1ccc(F)cc1. The van der Waals surface area contributed by atoms with Gasteiger partial charge in [0.25, 0.3) is 0 Å². The van der Waals surface area contributed by atoms with Crippen molar-refractivity contribution in [2.75, 3.05) is 0 Å². The van der Waals surface area contributed by atoms with Crippen molar-refractivity contribution >= 4 is 38.9 Å². The van der Waals surface area contributed by atoms with Crippen LogP contribution in [0.15, 0.2) is 29.2 Å². The van der Waals surface area contributed by atoms with Gasteiger partial charge in [-0.15, -0.1) is 0 Å². The van der Waals surface area contributed by atoms with Crippen molar-refractivity contribution in [1.29, 1.82) is 0 Å². The molecule has 1 aromatic carbocycles. The molecule has 0 aliphatic carbocycles. The second kappa shape index (κ2) is 4.01. The fourth-order valence-electron chi connectivity index (χ4n) is 0.618. The number of hydrogen-bond donors (Lipinski definition) is 0. The van der Waals surface area contributed by atoms with Gasteiger partial charge in [-0.3, -0.25) is 4.57 Å². The molecule has 1 aromatic rings. The highest BCUT2D eigenvalue weighted by molar-refractivity contribution is 8.72. The lowest BCUT2D eigenvalue weighted by Crippen LogP contribution is -1.71. The van der Waals surface area contributed by atoms with Crippen LogP contribution in [-0.2, 0) is 4.57 Å². The zero-order valence-corrected chi connectivity index (χ0v) is 8.93. The minimum Gasteiger partial charge on any atom is -0.277 e. The zero-order chi connectivity index (χ0) is 9.19. The zero-order valence-electron chi connectivity index (χ0n) is 5.71. The molecule has 0 aliphatic rings. The molecule has 0 radical (unpaired) electrons. The lowest BCUT2D eigenvalue weighted by atomic mass is 10.4. The largest absolute Gasteiger partial charge is 0.311 e. The van der Waals surface area contributed by atoms with Crippen LogP contribution in [0.25, 0.3) is 0 Å². The first-order valence-electron chi connectivity index (χ1n) is 2.92. The average Bonchev–Trinajstić information content (AvgIpc) is 1.91. The minimum atomic E-state index is -3.16. The number of rotatable bonds is 2. The second-order valence-corrected chi connectivity index (χ2v) is 10.1. The highest BCUT2D eigenvalue weighted by Gasteiger charge is 2.15. The second-order valence-electron chi connectivity index (χ2n) is 1.96. The van der Waals surface area contributed by atoms with Crippen molar-refractivity contribution < 1.29 is 8.96 Å². The molecule has 0 saturated carbocycles. The van der Waals surface area contributed by atoms with Crippen LogP contribution in [0.1, 0.15) is 0 Å². The third-order valence-corrected chi connectivity index (χ3v) is 4.23. The summed E-state index contributed by atoms with van der Waals surface area (Å²) in [6, 6.07) is 5.45. The Morgan fingerprint density at radius 1 is 1.25 bits per heavy atom. The maximum atomic E-state index is 12.4. The lowest BCUT2D eigenvalue weighted by molar-refractivity contribution is 0.600. The standard InChI is InChI=1S/C6H4Cl2FOPS/c7-11(8,10)12-6-3-1-5(9)2-4-6/h1-4H. The monoisotopic (exact) mass is 244 g/mol. The van der Waals surface area contributed by atoms with Crippen LogP contribution in [0.5, 0.6) is 0 Å². The first-order valence-corrected chi connectivity index (χ1v) is 7.86. The molecule has 0 heterocycles. The summed E-state index contributed by atoms with van der Waals surface area (Å²) in [7, 11) is 0. The predicted octanol–water partition coefficient (Wildman–Crippen LogP) is 4.50. The highest BCUT2D eigenvalue weighted by Crippen LogP contribution is 2.70. The van der Waals surface area contributed by atoms with E-state index in [1.54, 1.807) is 0 Å². The van der Waals surface area contributed by atoms with Crippen LogP contribution in [0.3, 0.4) is 0 Å². The smallest absolute Gasteiger partial charge is 0.277 e. The molecule has 6 heteroatoms. The molecule has 0 N–H and O–H groups in total. The average molecular weight is 245 g/mol. The van der Waals surface area contributed by atoms with Crippen molar-refractivity contribution in [2.24, 2.45) is 0 Å². The molecule has 0 aliphatic heterocycles. The summed E-state index contributed by atoms with van der Waals surface area (Å²) < 4.78 is 23.2. The van der Waals surface area contributed by atoms with Crippen molar-refractivity contribution in [2.45, 2.75) is 4.90 Å². The van der Waals surface area contributed by atoms with E-state index in [-0.39, 0.29) is 5.82 Å². The summed E-state index contributed by atoms with van der Waals surface area (Å²) >= 11 is 11.4. The van der Waals surface area contributed by atoms with Crippen LogP contribution >= 0.6 is 38.9 Å². The Bertz CT molecular complexity index is 310. The van der Waals surface area contributed by atoms with Crippen LogP contribution < -0.4 is 0 Å². The van der Waals surface area contributed by atoms with Crippen molar-refractivity contribution in [1.82, 2.24) is 0 Å². The summed E-state index contributed by atoms with van der Waals surface area (Å²) in [5.74, 6) is -0.349. The molecular weight excluding hydrogens is 241 g/mol. The van der Waals surface area contributed by atoms with E-state index in [1.165, 1.54) is 24.3 Å². The number of halogens is 3. The van der Waals surface area contributed by atoms with Gasteiger partial charge < -0.3 is 0 Å². The van der Waals surface area contributed by atoms with E-state index in [2.05, 4.69) is 0 Å². The molecular formula is C6H4Cl2FOPS. The fraction of sp³-hybridized carbons (Fsp3) is 0. The van der Waals surface area contributed by atoms with E-state index in [4.69, 9.17) is 22.5 Å². The van der Waals surface area contributed by atoms with Gasteiger partial charge in [0.1, 0.15) is 5.82 Å². The van der Waals surface area contributed by atoms with Gasteiger partial charge in [0.05, 0.1) is 0 Å². The van der Waals surface area contributed by atoms with Gasteiger partial charge in [-0.25, -0.2) is 4.39 Å². The van der Waals surface area contributed by atoms with Crippen molar-refractivity contribution in [3.05, 3.63) is 30.1 Å². The van der Waals surface area contributed by atoms with Crippen LogP contribution in [0.2, 0.25) is 0 Å². The Hall–Kier alpha value is 0.310. The van der Waals surface area contributed by atoms with Gasteiger partial charge in [0, 0.05) is 4.90 Å².